The molecule has 0 aliphatic heterocycles. The van der Waals surface area contributed by atoms with Gasteiger partial charge < -0.3 is 4.42 Å². The number of halogens is 3. The number of aromatic nitrogens is 2. The van der Waals surface area contributed by atoms with Crippen molar-refractivity contribution in [3.05, 3.63) is 34.1 Å². The van der Waals surface area contributed by atoms with Crippen molar-refractivity contribution < 1.29 is 17.6 Å². The molecule has 0 radical (unpaired) electrons. The Hall–Kier alpha value is -1.79. The first-order valence-electron chi connectivity index (χ1n) is 3.95. The Balaban J connectivity index is 2.88. The van der Waals surface area contributed by atoms with Crippen LogP contribution in [0.3, 0.4) is 0 Å². The molecule has 7 heteroatoms. The van der Waals surface area contributed by atoms with Crippen molar-refractivity contribution in [2.24, 2.45) is 0 Å². The molecule has 0 atom stereocenters. The number of hydrogen-bond acceptors (Lipinski definition) is 3. The minimum absolute atomic E-state index is 0.363. The van der Waals surface area contributed by atoms with E-state index in [1.807, 2.05) is 0 Å². The van der Waals surface area contributed by atoms with Crippen LogP contribution in [0.2, 0.25) is 0 Å². The zero-order valence-electron chi connectivity index (χ0n) is 7.50. The number of hydrogen-bond donors (Lipinski definition) is 0. The molecule has 0 unspecified atom stereocenters. The summed E-state index contributed by atoms with van der Waals surface area (Å²) < 4.78 is 42.8. The van der Waals surface area contributed by atoms with Gasteiger partial charge in [0.25, 0.3) is 5.56 Å². The molecular formula is C8H5F3N2O2. The van der Waals surface area contributed by atoms with Crippen LogP contribution in [0, 0.1) is 6.92 Å². The third kappa shape index (κ3) is 1.39. The van der Waals surface area contributed by atoms with Crippen LogP contribution in [0.5, 0.6) is 0 Å². The van der Waals surface area contributed by atoms with E-state index in [2.05, 4.69) is 9.40 Å². The van der Waals surface area contributed by atoms with E-state index >= 15 is 0 Å². The SMILES string of the molecule is Cc1c(C(F)(F)F)nc2occn2c1=O. The first-order chi connectivity index (χ1) is 6.91. The molecule has 2 rings (SSSR count). The van der Waals surface area contributed by atoms with Gasteiger partial charge >= 0.3 is 12.0 Å². The summed E-state index contributed by atoms with van der Waals surface area (Å²) >= 11 is 0. The van der Waals surface area contributed by atoms with Crippen LogP contribution in [0.4, 0.5) is 13.2 Å². The third-order valence-electron chi connectivity index (χ3n) is 1.96. The molecule has 15 heavy (non-hydrogen) atoms. The van der Waals surface area contributed by atoms with Gasteiger partial charge in [-0.15, -0.1) is 0 Å². The van der Waals surface area contributed by atoms with E-state index in [0.29, 0.717) is 0 Å². The fourth-order valence-electron chi connectivity index (χ4n) is 1.24. The Morgan fingerprint density at radius 2 is 2.13 bits per heavy atom. The van der Waals surface area contributed by atoms with Gasteiger partial charge in [0.1, 0.15) is 6.26 Å². The maximum Gasteiger partial charge on any atom is 0.434 e. The van der Waals surface area contributed by atoms with Gasteiger partial charge in [-0.3, -0.25) is 4.79 Å². The van der Waals surface area contributed by atoms with Crippen molar-refractivity contribution in [3.63, 3.8) is 0 Å². The average Bonchev–Trinajstić information content (AvgIpc) is 2.57. The highest BCUT2D eigenvalue weighted by Gasteiger charge is 2.36. The van der Waals surface area contributed by atoms with Crippen LogP contribution in [0.1, 0.15) is 11.3 Å². The number of nitrogens with zero attached hydrogens (tertiary/aromatic N) is 2. The molecule has 80 valence electrons. The minimum Gasteiger partial charge on any atom is -0.432 e. The summed E-state index contributed by atoms with van der Waals surface area (Å²) in [6.07, 6.45) is -2.33. The monoisotopic (exact) mass is 218 g/mol. The fraction of sp³-hybridized carbons (Fsp3) is 0.250. The van der Waals surface area contributed by atoms with Crippen molar-refractivity contribution in [3.8, 4) is 0 Å². The Morgan fingerprint density at radius 3 is 2.73 bits per heavy atom. The van der Waals surface area contributed by atoms with Crippen molar-refractivity contribution >= 4 is 5.84 Å². The maximum atomic E-state index is 12.4. The smallest absolute Gasteiger partial charge is 0.432 e. The van der Waals surface area contributed by atoms with Crippen LogP contribution in [0.25, 0.3) is 5.84 Å². The van der Waals surface area contributed by atoms with Crippen molar-refractivity contribution in [1.82, 2.24) is 9.38 Å². The molecule has 0 saturated heterocycles. The Labute approximate surface area is 81.0 Å². The number of rotatable bonds is 0. The van der Waals surface area contributed by atoms with E-state index in [1.165, 1.54) is 6.20 Å². The lowest BCUT2D eigenvalue weighted by Gasteiger charge is -2.07. The normalized spacial score (nSPS) is 12.3. The molecule has 0 saturated carbocycles. The molecule has 0 N–H and O–H groups in total. The second-order valence-corrected chi connectivity index (χ2v) is 2.94. The van der Waals surface area contributed by atoms with Gasteiger partial charge in [-0.2, -0.15) is 18.2 Å². The van der Waals surface area contributed by atoms with Crippen LogP contribution < -0.4 is 5.56 Å². The molecule has 0 fully saturated rings. The molecule has 2 heterocycles. The zero-order valence-corrected chi connectivity index (χ0v) is 7.50. The molecule has 4 nitrogen and oxygen atoms in total. The summed E-state index contributed by atoms with van der Waals surface area (Å²) in [7, 11) is 0. The number of fused-ring (bicyclic) bond motifs is 1. The summed E-state index contributed by atoms with van der Waals surface area (Å²) in [6, 6.07) is 0. The lowest BCUT2D eigenvalue weighted by molar-refractivity contribution is -0.141. The number of alkyl halides is 3. The summed E-state index contributed by atoms with van der Waals surface area (Å²) in [6.45, 7) is 1.08. The zero-order chi connectivity index (χ0) is 11.2. The Bertz CT molecular complexity index is 567. The van der Waals surface area contributed by atoms with Gasteiger partial charge in [0, 0.05) is 5.56 Å². The highest BCUT2D eigenvalue weighted by atomic mass is 19.4. The molecular weight excluding hydrogens is 213 g/mol. The van der Waals surface area contributed by atoms with Crippen LogP contribution in [-0.4, -0.2) is 9.38 Å². The second kappa shape index (κ2) is 2.85. The largest absolute Gasteiger partial charge is 0.434 e. The van der Waals surface area contributed by atoms with Gasteiger partial charge in [-0.1, -0.05) is 0 Å². The molecule has 2 aromatic rings. The average molecular weight is 218 g/mol. The Kier molecular flexibility index (Phi) is 1.85. The molecule has 2 aromatic heterocycles. The van der Waals surface area contributed by atoms with Gasteiger partial charge in [0.15, 0.2) is 5.69 Å². The number of oxazole rings is 1. The molecule has 0 spiro atoms. The third-order valence-corrected chi connectivity index (χ3v) is 1.96. The van der Waals surface area contributed by atoms with Crippen LogP contribution >= 0.6 is 0 Å². The predicted octanol–water partition coefficient (Wildman–Crippen LogP) is 1.61. The van der Waals surface area contributed by atoms with E-state index in [4.69, 9.17) is 0 Å². The van der Waals surface area contributed by atoms with Gasteiger partial charge in [0.05, 0.1) is 6.20 Å². The van der Waals surface area contributed by atoms with Crippen molar-refractivity contribution in [2.45, 2.75) is 13.1 Å². The van der Waals surface area contributed by atoms with E-state index < -0.39 is 23.0 Å². The second-order valence-electron chi connectivity index (χ2n) is 2.94. The predicted molar refractivity (Wildman–Crippen MR) is 43.5 cm³/mol. The van der Waals surface area contributed by atoms with Gasteiger partial charge in [0.2, 0.25) is 0 Å². The molecule has 0 amide bonds. The van der Waals surface area contributed by atoms with Gasteiger partial charge in [-0.05, 0) is 6.92 Å². The first-order valence-corrected chi connectivity index (χ1v) is 3.95. The van der Waals surface area contributed by atoms with Crippen molar-refractivity contribution in [2.75, 3.05) is 0 Å². The van der Waals surface area contributed by atoms with Crippen LogP contribution in [0.15, 0.2) is 21.7 Å². The molecule has 0 aromatic carbocycles. The van der Waals surface area contributed by atoms with E-state index in [9.17, 15) is 18.0 Å². The quantitative estimate of drug-likeness (QED) is 0.674. The van der Waals surface area contributed by atoms with E-state index in [1.54, 1.807) is 0 Å². The summed E-state index contributed by atoms with van der Waals surface area (Å²) in [5.74, 6) is -0.363. The molecule has 0 aliphatic carbocycles. The minimum atomic E-state index is -4.65. The van der Waals surface area contributed by atoms with E-state index in [-0.39, 0.29) is 5.84 Å². The Morgan fingerprint density at radius 1 is 1.47 bits per heavy atom. The van der Waals surface area contributed by atoms with Gasteiger partial charge in [-0.25, -0.2) is 4.40 Å². The highest BCUT2D eigenvalue weighted by Crippen LogP contribution is 2.29. The lowest BCUT2D eigenvalue weighted by Crippen LogP contribution is -2.23. The van der Waals surface area contributed by atoms with Crippen molar-refractivity contribution in [1.29, 1.82) is 0 Å². The lowest BCUT2D eigenvalue weighted by atomic mass is 10.2. The molecule has 0 bridgehead atoms. The standard InChI is InChI=1S/C8H5F3N2O2/c1-4-5(8(9,10)11)12-7-13(6(4)14)2-3-15-7/h2-3H,1H3. The topological polar surface area (TPSA) is 47.5 Å². The summed E-state index contributed by atoms with van der Waals surface area (Å²) in [5, 5.41) is 0. The highest BCUT2D eigenvalue weighted by molar-refractivity contribution is 5.30. The fourth-order valence-corrected chi connectivity index (χ4v) is 1.24. The van der Waals surface area contributed by atoms with Crippen LogP contribution in [-0.2, 0) is 6.18 Å². The maximum absolute atomic E-state index is 12.4. The summed E-state index contributed by atoms with van der Waals surface area (Å²) in [4.78, 5) is 14.7. The van der Waals surface area contributed by atoms with E-state index in [0.717, 1.165) is 17.6 Å². The molecule has 0 aliphatic rings. The summed E-state index contributed by atoms with van der Waals surface area (Å²) in [5.41, 5.74) is -2.43. The first kappa shape index (κ1) is 9.75.